The van der Waals surface area contributed by atoms with Crippen LogP contribution in [0.3, 0.4) is 0 Å². The lowest BCUT2D eigenvalue weighted by molar-refractivity contribution is 0.348. The molecule has 1 atom stereocenters. The van der Waals surface area contributed by atoms with Crippen LogP contribution in [0, 0.1) is 11.8 Å². The van der Waals surface area contributed by atoms with Gasteiger partial charge in [-0.15, -0.1) is 0 Å². The van der Waals surface area contributed by atoms with Crippen molar-refractivity contribution in [2.75, 3.05) is 26.2 Å². The maximum Gasteiger partial charge on any atom is -0.00205 e. The Morgan fingerprint density at radius 3 is 2.67 bits per heavy atom. The molecular formula is C13H26N2. The number of hydrogen-bond acceptors (Lipinski definition) is 2. The van der Waals surface area contributed by atoms with Crippen LogP contribution in [0.5, 0.6) is 0 Å². The van der Waals surface area contributed by atoms with Gasteiger partial charge in [0.25, 0.3) is 0 Å². The minimum Gasteiger partial charge on any atom is -0.317 e. The molecule has 2 aliphatic rings. The molecular weight excluding hydrogens is 184 g/mol. The maximum absolute atomic E-state index is 3.58. The van der Waals surface area contributed by atoms with Gasteiger partial charge in [0, 0.05) is 0 Å². The topological polar surface area (TPSA) is 24.1 Å². The maximum atomic E-state index is 3.58. The summed E-state index contributed by atoms with van der Waals surface area (Å²) in [7, 11) is 0. The molecule has 1 unspecified atom stereocenters. The zero-order chi connectivity index (χ0) is 10.3. The molecule has 2 rings (SSSR count). The Morgan fingerprint density at radius 1 is 1.00 bits per heavy atom. The quantitative estimate of drug-likeness (QED) is 0.629. The largest absolute Gasteiger partial charge is 0.317 e. The van der Waals surface area contributed by atoms with E-state index in [0.29, 0.717) is 0 Å². The van der Waals surface area contributed by atoms with Crippen LogP contribution in [-0.4, -0.2) is 26.2 Å². The van der Waals surface area contributed by atoms with Crippen molar-refractivity contribution in [2.24, 2.45) is 11.8 Å². The number of nitrogens with one attached hydrogen (secondary N) is 2. The Hall–Kier alpha value is -0.0800. The normalized spacial score (nSPS) is 26.8. The van der Waals surface area contributed by atoms with Crippen LogP contribution < -0.4 is 10.6 Å². The fraction of sp³-hybridized carbons (Fsp3) is 1.00. The SMILES string of the molecule is C(CNCCC1CC1)CC1CCCNC1. The summed E-state index contributed by atoms with van der Waals surface area (Å²) in [5.41, 5.74) is 0. The molecule has 0 amide bonds. The zero-order valence-electron chi connectivity index (χ0n) is 9.93. The molecule has 2 N–H and O–H groups in total. The molecule has 0 radical (unpaired) electrons. The minimum absolute atomic E-state index is 0.962. The summed E-state index contributed by atoms with van der Waals surface area (Å²) in [5, 5.41) is 7.07. The number of piperidine rings is 1. The third-order valence-corrected chi connectivity index (χ3v) is 3.79. The molecule has 0 bridgehead atoms. The van der Waals surface area contributed by atoms with Crippen LogP contribution >= 0.6 is 0 Å². The highest BCUT2D eigenvalue weighted by molar-refractivity contribution is 4.74. The molecule has 1 aliphatic heterocycles. The van der Waals surface area contributed by atoms with Gasteiger partial charge < -0.3 is 10.6 Å². The fourth-order valence-electron chi connectivity index (χ4n) is 2.52. The third-order valence-electron chi connectivity index (χ3n) is 3.79. The molecule has 2 heteroatoms. The highest BCUT2D eigenvalue weighted by Gasteiger charge is 2.19. The van der Waals surface area contributed by atoms with Crippen LogP contribution in [0.2, 0.25) is 0 Å². The van der Waals surface area contributed by atoms with Crippen LogP contribution in [-0.2, 0) is 0 Å². The van der Waals surface area contributed by atoms with Gasteiger partial charge in [-0.1, -0.05) is 12.8 Å². The molecule has 1 saturated heterocycles. The molecule has 0 aromatic carbocycles. The van der Waals surface area contributed by atoms with E-state index in [0.717, 1.165) is 11.8 Å². The first-order valence-electron chi connectivity index (χ1n) is 6.86. The van der Waals surface area contributed by atoms with E-state index in [9.17, 15) is 0 Å². The van der Waals surface area contributed by atoms with Gasteiger partial charge in [0.2, 0.25) is 0 Å². The Kier molecular flexibility index (Phi) is 4.94. The molecule has 0 aromatic heterocycles. The standard InChI is InChI=1S/C13H26N2/c1(3-13-4-2-9-15-11-13)8-14-10-7-12-5-6-12/h12-15H,1-11H2. The minimum atomic E-state index is 0.962. The van der Waals surface area contributed by atoms with Gasteiger partial charge in [-0.3, -0.25) is 0 Å². The summed E-state index contributed by atoms with van der Waals surface area (Å²) >= 11 is 0. The van der Waals surface area contributed by atoms with Crippen molar-refractivity contribution in [1.29, 1.82) is 0 Å². The van der Waals surface area contributed by atoms with Crippen LogP contribution in [0.15, 0.2) is 0 Å². The molecule has 0 spiro atoms. The average Bonchev–Trinajstić information content (AvgIpc) is 3.09. The first kappa shape index (κ1) is 11.4. The molecule has 88 valence electrons. The van der Waals surface area contributed by atoms with E-state index in [1.165, 1.54) is 71.1 Å². The van der Waals surface area contributed by atoms with Crippen LogP contribution in [0.25, 0.3) is 0 Å². The molecule has 15 heavy (non-hydrogen) atoms. The van der Waals surface area contributed by atoms with Gasteiger partial charge in [0.15, 0.2) is 0 Å². The lowest BCUT2D eigenvalue weighted by Gasteiger charge is -2.22. The van der Waals surface area contributed by atoms with Crippen molar-refractivity contribution >= 4 is 0 Å². The van der Waals surface area contributed by atoms with E-state index in [1.807, 2.05) is 0 Å². The Balaban J connectivity index is 1.37. The molecule has 1 saturated carbocycles. The third kappa shape index (κ3) is 4.98. The molecule has 1 heterocycles. The van der Waals surface area contributed by atoms with Crippen molar-refractivity contribution in [1.82, 2.24) is 10.6 Å². The molecule has 0 aromatic rings. The molecule has 2 nitrogen and oxygen atoms in total. The second kappa shape index (κ2) is 6.49. The van der Waals surface area contributed by atoms with E-state index in [2.05, 4.69) is 10.6 Å². The number of rotatable bonds is 7. The summed E-state index contributed by atoms with van der Waals surface area (Å²) in [4.78, 5) is 0. The lowest BCUT2D eigenvalue weighted by Crippen LogP contribution is -2.30. The number of hydrogen-bond donors (Lipinski definition) is 2. The molecule has 2 fully saturated rings. The van der Waals surface area contributed by atoms with Gasteiger partial charge in [0.1, 0.15) is 0 Å². The van der Waals surface area contributed by atoms with Crippen molar-refractivity contribution in [3.63, 3.8) is 0 Å². The summed E-state index contributed by atoms with van der Waals surface area (Å²) in [6.07, 6.45) is 10.0. The predicted octanol–water partition coefficient (Wildman–Crippen LogP) is 2.16. The van der Waals surface area contributed by atoms with E-state index < -0.39 is 0 Å². The van der Waals surface area contributed by atoms with E-state index in [4.69, 9.17) is 0 Å². The average molecular weight is 210 g/mol. The van der Waals surface area contributed by atoms with Gasteiger partial charge in [0.05, 0.1) is 0 Å². The van der Waals surface area contributed by atoms with E-state index in [1.54, 1.807) is 0 Å². The van der Waals surface area contributed by atoms with Crippen LogP contribution in [0.4, 0.5) is 0 Å². The molecule has 1 aliphatic carbocycles. The van der Waals surface area contributed by atoms with Gasteiger partial charge in [-0.05, 0) is 70.1 Å². The second-order valence-corrected chi connectivity index (χ2v) is 5.34. The summed E-state index contributed by atoms with van der Waals surface area (Å²) in [6, 6.07) is 0. The second-order valence-electron chi connectivity index (χ2n) is 5.34. The zero-order valence-corrected chi connectivity index (χ0v) is 9.93. The first-order chi connectivity index (χ1) is 7.45. The summed E-state index contributed by atoms with van der Waals surface area (Å²) < 4.78 is 0. The van der Waals surface area contributed by atoms with E-state index in [-0.39, 0.29) is 0 Å². The smallest absolute Gasteiger partial charge is 0.00205 e. The van der Waals surface area contributed by atoms with Crippen molar-refractivity contribution < 1.29 is 0 Å². The highest BCUT2D eigenvalue weighted by Crippen LogP contribution is 2.31. The monoisotopic (exact) mass is 210 g/mol. The Labute approximate surface area is 94.2 Å². The first-order valence-corrected chi connectivity index (χ1v) is 6.86. The Morgan fingerprint density at radius 2 is 1.93 bits per heavy atom. The lowest BCUT2D eigenvalue weighted by atomic mass is 9.95. The highest BCUT2D eigenvalue weighted by atomic mass is 14.9. The van der Waals surface area contributed by atoms with Crippen molar-refractivity contribution in [2.45, 2.75) is 44.9 Å². The van der Waals surface area contributed by atoms with Gasteiger partial charge >= 0.3 is 0 Å². The summed E-state index contributed by atoms with van der Waals surface area (Å²) in [5.74, 6) is 2.05. The van der Waals surface area contributed by atoms with E-state index >= 15 is 0 Å². The van der Waals surface area contributed by atoms with Gasteiger partial charge in [-0.25, -0.2) is 0 Å². The Bertz CT molecular complexity index is 160. The van der Waals surface area contributed by atoms with Crippen molar-refractivity contribution in [3.05, 3.63) is 0 Å². The predicted molar refractivity (Wildman–Crippen MR) is 65.0 cm³/mol. The fourth-order valence-corrected chi connectivity index (χ4v) is 2.52. The van der Waals surface area contributed by atoms with Crippen molar-refractivity contribution in [3.8, 4) is 0 Å². The summed E-state index contributed by atoms with van der Waals surface area (Å²) in [6.45, 7) is 5.01. The van der Waals surface area contributed by atoms with Crippen LogP contribution in [0.1, 0.15) is 44.9 Å². The van der Waals surface area contributed by atoms with Gasteiger partial charge in [-0.2, -0.15) is 0 Å².